The number of aromatic nitrogens is 3. The van der Waals surface area contributed by atoms with E-state index >= 15 is 0 Å². The van der Waals surface area contributed by atoms with Crippen molar-refractivity contribution in [2.24, 2.45) is 0 Å². The molecule has 0 saturated carbocycles. The molecule has 1 amide bonds. The van der Waals surface area contributed by atoms with Gasteiger partial charge in [0, 0.05) is 33.4 Å². The molecule has 0 radical (unpaired) electrons. The molecule has 30 heavy (non-hydrogen) atoms. The summed E-state index contributed by atoms with van der Waals surface area (Å²) in [5.41, 5.74) is 1.48. The maximum Gasteiger partial charge on any atom is 0.277 e. The van der Waals surface area contributed by atoms with Crippen molar-refractivity contribution >= 4 is 57.5 Å². The van der Waals surface area contributed by atoms with Gasteiger partial charge in [-0.2, -0.15) is 0 Å². The lowest BCUT2D eigenvalue weighted by Crippen LogP contribution is -2.15. The average molecular weight is 471 g/mol. The van der Waals surface area contributed by atoms with Gasteiger partial charge in [-0.3, -0.25) is 10.1 Å². The largest absolute Gasteiger partial charge is 0.296 e. The first-order valence-electron chi connectivity index (χ1n) is 8.85. The number of thioether (sulfide) groups is 1. The predicted molar refractivity (Wildman–Crippen MR) is 124 cm³/mol. The molecule has 0 fully saturated rings. The van der Waals surface area contributed by atoms with Gasteiger partial charge < -0.3 is 0 Å². The third kappa shape index (κ3) is 5.60. The number of halogens is 1. The lowest BCUT2D eigenvalue weighted by molar-refractivity contribution is 0.101. The van der Waals surface area contributed by atoms with Crippen molar-refractivity contribution < 1.29 is 4.79 Å². The minimum Gasteiger partial charge on any atom is -0.296 e. The monoisotopic (exact) mass is 470 g/mol. The lowest BCUT2D eigenvalue weighted by atomic mass is 10.2. The highest BCUT2D eigenvalue weighted by Crippen LogP contribution is 2.32. The van der Waals surface area contributed by atoms with E-state index in [4.69, 9.17) is 11.6 Å². The van der Waals surface area contributed by atoms with Crippen molar-refractivity contribution in [1.82, 2.24) is 15.0 Å². The van der Waals surface area contributed by atoms with Gasteiger partial charge in [0.15, 0.2) is 10.3 Å². The summed E-state index contributed by atoms with van der Waals surface area (Å²) >= 11 is 10.2. The summed E-state index contributed by atoms with van der Waals surface area (Å²) in [5.74, 6) is 0.406. The van der Waals surface area contributed by atoms with Crippen LogP contribution in [0.1, 0.15) is 16.1 Å². The van der Waals surface area contributed by atoms with Gasteiger partial charge in [-0.1, -0.05) is 65.5 Å². The van der Waals surface area contributed by atoms with Crippen molar-refractivity contribution in [3.8, 4) is 0 Å². The third-order valence-electron chi connectivity index (χ3n) is 3.85. The van der Waals surface area contributed by atoms with E-state index in [0.717, 1.165) is 10.6 Å². The normalized spacial score (nSPS) is 10.7. The standard InChI is InChI=1S/C21H15ClN4OS3/c22-15-6-8-16(9-7-15)30-17-12-24-21(29-13-14-4-2-1-3-5-14)25-18(17)19(27)26-20-23-10-11-28-20/h1-12H,13H2,(H,23,26,27). The molecule has 5 nitrogen and oxygen atoms in total. The van der Waals surface area contributed by atoms with E-state index in [0.29, 0.717) is 25.9 Å². The Labute approximate surface area is 191 Å². The predicted octanol–water partition coefficient (Wildman–Crippen LogP) is 6.28. The highest BCUT2D eigenvalue weighted by Gasteiger charge is 2.18. The maximum absolute atomic E-state index is 12.9. The summed E-state index contributed by atoms with van der Waals surface area (Å²) in [6.45, 7) is 0. The summed E-state index contributed by atoms with van der Waals surface area (Å²) in [5, 5.41) is 6.34. The Bertz CT molecular complexity index is 1120. The van der Waals surface area contributed by atoms with Gasteiger partial charge in [0.25, 0.3) is 5.91 Å². The van der Waals surface area contributed by atoms with Crippen LogP contribution in [0.2, 0.25) is 5.02 Å². The topological polar surface area (TPSA) is 67.8 Å². The highest BCUT2D eigenvalue weighted by molar-refractivity contribution is 7.99. The van der Waals surface area contributed by atoms with Crippen molar-refractivity contribution in [2.45, 2.75) is 20.7 Å². The Balaban J connectivity index is 1.58. The summed E-state index contributed by atoms with van der Waals surface area (Å²) < 4.78 is 0. The second kappa shape index (κ2) is 10.1. The second-order valence-corrected chi connectivity index (χ2v) is 9.38. The third-order valence-corrected chi connectivity index (χ3v) is 6.75. The molecule has 0 aliphatic heterocycles. The molecule has 2 aromatic heterocycles. The number of thiazole rings is 1. The smallest absolute Gasteiger partial charge is 0.277 e. The molecule has 4 rings (SSSR count). The summed E-state index contributed by atoms with van der Waals surface area (Å²) in [7, 11) is 0. The van der Waals surface area contributed by atoms with Crippen LogP contribution in [-0.2, 0) is 5.75 Å². The molecule has 0 bridgehead atoms. The van der Waals surface area contributed by atoms with Gasteiger partial charge in [-0.05, 0) is 29.8 Å². The van der Waals surface area contributed by atoms with Crippen LogP contribution >= 0.6 is 46.5 Å². The van der Waals surface area contributed by atoms with Crippen molar-refractivity contribution in [2.75, 3.05) is 5.32 Å². The van der Waals surface area contributed by atoms with Crippen LogP contribution in [0.3, 0.4) is 0 Å². The van der Waals surface area contributed by atoms with E-state index < -0.39 is 0 Å². The van der Waals surface area contributed by atoms with Gasteiger partial charge in [0.2, 0.25) is 0 Å². The molecule has 2 heterocycles. The van der Waals surface area contributed by atoms with Crippen LogP contribution in [-0.4, -0.2) is 20.9 Å². The average Bonchev–Trinajstić information content (AvgIpc) is 3.28. The number of hydrogen-bond acceptors (Lipinski definition) is 7. The number of rotatable bonds is 7. The molecule has 1 N–H and O–H groups in total. The zero-order valence-corrected chi connectivity index (χ0v) is 18.7. The van der Waals surface area contributed by atoms with E-state index in [1.807, 2.05) is 54.6 Å². The number of nitrogens with one attached hydrogen (secondary N) is 1. The summed E-state index contributed by atoms with van der Waals surface area (Å²) in [4.78, 5) is 27.7. The minimum absolute atomic E-state index is 0.314. The Morgan fingerprint density at radius 3 is 2.60 bits per heavy atom. The molecule has 0 saturated heterocycles. The first kappa shape index (κ1) is 20.9. The van der Waals surface area contributed by atoms with E-state index in [1.54, 1.807) is 17.8 Å². The quantitative estimate of drug-likeness (QED) is 0.253. The number of anilines is 1. The molecule has 0 aliphatic carbocycles. The van der Waals surface area contributed by atoms with Crippen LogP contribution in [0.4, 0.5) is 5.13 Å². The number of amides is 1. The van der Waals surface area contributed by atoms with Crippen molar-refractivity contribution in [1.29, 1.82) is 0 Å². The molecular formula is C21H15ClN4OS3. The Morgan fingerprint density at radius 2 is 1.87 bits per heavy atom. The molecule has 0 aliphatic rings. The first-order chi connectivity index (χ1) is 14.7. The fraction of sp³-hybridized carbons (Fsp3) is 0.0476. The molecular weight excluding hydrogens is 456 g/mol. The SMILES string of the molecule is O=C(Nc1nccs1)c1nc(SCc2ccccc2)ncc1Sc1ccc(Cl)cc1. The van der Waals surface area contributed by atoms with E-state index in [-0.39, 0.29) is 5.91 Å². The molecule has 150 valence electrons. The second-order valence-electron chi connectivity index (χ2n) is 5.99. The first-order valence-corrected chi connectivity index (χ1v) is 11.9. The van der Waals surface area contributed by atoms with Crippen molar-refractivity contribution in [3.63, 3.8) is 0 Å². The van der Waals surface area contributed by atoms with Gasteiger partial charge in [-0.25, -0.2) is 15.0 Å². The van der Waals surface area contributed by atoms with Crippen LogP contribution in [0, 0.1) is 0 Å². The lowest BCUT2D eigenvalue weighted by Gasteiger charge is -2.10. The number of benzene rings is 2. The van der Waals surface area contributed by atoms with E-state index in [2.05, 4.69) is 20.3 Å². The van der Waals surface area contributed by atoms with Gasteiger partial charge >= 0.3 is 0 Å². The number of nitrogens with zero attached hydrogens (tertiary/aromatic N) is 3. The fourth-order valence-corrected chi connectivity index (χ4v) is 4.74. The zero-order chi connectivity index (χ0) is 20.8. The van der Waals surface area contributed by atoms with Gasteiger partial charge in [0.05, 0.1) is 4.90 Å². The summed E-state index contributed by atoms with van der Waals surface area (Å²) in [6, 6.07) is 17.5. The van der Waals surface area contributed by atoms with Crippen LogP contribution < -0.4 is 5.32 Å². The van der Waals surface area contributed by atoms with Gasteiger partial charge in [0.1, 0.15) is 5.69 Å². The maximum atomic E-state index is 12.9. The number of carbonyl (C=O) groups excluding carboxylic acids is 1. The molecule has 4 aromatic rings. The number of hydrogen-bond donors (Lipinski definition) is 1. The van der Waals surface area contributed by atoms with Crippen molar-refractivity contribution in [3.05, 3.63) is 88.7 Å². The highest BCUT2D eigenvalue weighted by atomic mass is 35.5. The molecule has 0 unspecified atom stereocenters. The Kier molecular flexibility index (Phi) is 7.01. The van der Waals surface area contributed by atoms with Gasteiger partial charge in [-0.15, -0.1) is 11.3 Å². The zero-order valence-electron chi connectivity index (χ0n) is 15.5. The Hall–Kier alpha value is -2.39. The molecule has 0 atom stereocenters. The minimum atomic E-state index is -0.314. The number of carbonyl (C=O) groups is 1. The van der Waals surface area contributed by atoms with Crippen LogP contribution in [0.5, 0.6) is 0 Å². The van der Waals surface area contributed by atoms with Crippen LogP contribution in [0.25, 0.3) is 0 Å². The molecule has 0 spiro atoms. The summed E-state index contributed by atoms with van der Waals surface area (Å²) in [6.07, 6.45) is 3.33. The fourth-order valence-electron chi connectivity index (χ4n) is 2.45. The van der Waals surface area contributed by atoms with E-state index in [9.17, 15) is 4.79 Å². The molecule has 2 aromatic carbocycles. The van der Waals surface area contributed by atoms with Crippen LogP contribution in [0.15, 0.2) is 87.3 Å². The molecule has 9 heteroatoms. The Morgan fingerprint density at radius 1 is 1.07 bits per heavy atom. The van der Waals surface area contributed by atoms with E-state index in [1.165, 1.54) is 40.4 Å².